The van der Waals surface area contributed by atoms with Gasteiger partial charge in [0, 0.05) is 0 Å². The van der Waals surface area contributed by atoms with Crippen molar-refractivity contribution in [1.82, 2.24) is 0 Å². The van der Waals surface area contributed by atoms with E-state index in [1.54, 1.807) is 55.4 Å². The van der Waals surface area contributed by atoms with Crippen LogP contribution >= 0.6 is 0 Å². The van der Waals surface area contributed by atoms with Crippen LogP contribution in [0.25, 0.3) is 0 Å². The second-order valence-electron chi connectivity index (χ2n) is 10.2. The third-order valence-electron chi connectivity index (χ3n) is 5.25. The Morgan fingerprint density at radius 2 is 0.800 bits per heavy atom. The Balaban J connectivity index is 0.000000716. The summed E-state index contributed by atoms with van der Waals surface area (Å²) in [5.74, 6) is -2.54. The van der Waals surface area contributed by atoms with E-state index >= 15 is 0 Å². The van der Waals surface area contributed by atoms with E-state index in [4.69, 9.17) is 38.6 Å². The first-order valence-electron chi connectivity index (χ1n) is 12.9. The number of hydrogen-bond donors (Lipinski definition) is 6. The number of aliphatic hydroxyl groups is 4. The lowest BCUT2D eigenvalue weighted by Gasteiger charge is -2.41. The second-order valence-corrected chi connectivity index (χ2v) is 10.2. The van der Waals surface area contributed by atoms with Gasteiger partial charge in [-0.15, -0.1) is 12.8 Å². The molecule has 2 rings (SSSR count). The Labute approximate surface area is 235 Å². The van der Waals surface area contributed by atoms with Crippen molar-refractivity contribution in [3.05, 3.63) is 0 Å². The normalized spacial score (nSPS) is 34.1. The summed E-state index contributed by atoms with van der Waals surface area (Å²) < 4.78 is 31.6. The van der Waals surface area contributed by atoms with Gasteiger partial charge in [0.25, 0.3) is 0 Å². The number of ether oxygens (including phenoxy) is 6. The molecule has 0 aliphatic carbocycles. The zero-order valence-corrected chi connectivity index (χ0v) is 24.2. The van der Waals surface area contributed by atoms with Crippen LogP contribution in [0.2, 0.25) is 0 Å². The highest BCUT2D eigenvalue weighted by Crippen LogP contribution is 2.27. The van der Waals surface area contributed by atoms with E-state index in [9.17, 15) is 30.0 Å². The number of carboxylic acids is 2. The monoisotopic (exact) mass is 582 g/mol. The van der Waals surface area contributed by atoms with E-state index < -0.39 is 73.4 Å². The van der Waals surface area contributed by atoms with Gasteiger partial charge < -0.3 is 59.1 Å². The van der Waals surface area contributed by atoms with E-state index in [1.165, 1.54) is 0 Å². The Morgan fingerprint density at radius 1 is 0.550 bits per heavy atom. The maximum absolute atomic E-state index is 11.2. The maximum Gasteiger partial charge on any atom is 0.335 e. The molecule has 2 heterocycles. The fraction of sp³-hybridized carbons (Fsp3) is 0.846. The van der Waals surface area contributed by atoms with Gasteiger partial charge in [0.15, 0.2) is 24.8 Å². The van der Waals surface area contributed by atoms with Gasteiger partial charge in [-0.3, -0.25) is 0 Å². The number of terminal acetylenes is 1. The molecular weight excluding hydrogens is 536 g/mol. The van der Waals surface area contributed by atoms with Crippen molar-refractivity contribution >= 4 is 11.9 Å². The number of carboxylic acid groups (broad SMARTS) is 2. The molecule has 2 aliphatic rings. The largest absolute Gasteiger partial charge is 0.479 e. The van der Waals surface area contributed by atoms with Crippen molar-refractivity contribution in [2.75, 3.05) is 0 Å². The minimum absolute atomic E-state index is 0.274. The standard InChI is InChI=1S/2C12H22O7.C2H2/c2*1-5(2)17-9-7(13)8(14)12(18-6(3)4)19-10(9)11(15)16;1-2/h2*5-10,12-14H,1-4H3,(H,15,16);1-2H/t7-,8?,9+,10?,12-;7-,8+,9+,10+,12-;/m11./s1. The summed E-state index contributed by atoms with van der Waals surface area (Å²) in [5.41, 5.74) is 0. The first-order chi connectivity index (χ1) is 18.5. The summed E-state index contributed by atoms with van der Waals surface area (Å²) in [6.07, 6.45) is -6.09. The van der Waals surface area contributed by atoms with E-state index in [1.807, 2.05) is 0 Å². The summed E-state index contributed by atoms with van der Waals surface area (Å²) in [5, 5.41) is 58.0. The molecule has 234 valence electrons. The van der Waals surface area contributed by atoms with Crippen LogP contribution in [0, 0.1) is 12.8 Å². The quantitative estimate of drug-likeness (QED) is 0.183. The second kappa shape index (κ2) is 17.8. The molecule has 0 aromatic rings. The van der Waals surface area contributed by atoms with Gasteiger partial charge in [-0.05, 0) is 55.4 Å². The first-order valence-corrected chi connectivity index (χ1v) is 12.9. The highest BCUT2D eigenvalue weighted by atomic mass is 16.7. The smallest absolute Gasteiger partial charge is 0.335 e. The van der Waals surface area contributed by atoms with Crippen LogP contribution in [-0.2, 0) is 38.0 Å². The summed E-state index contributed by atoms with van der Waals surface area (Å²) in [6.45, 7) is 13.7. The number of aliphatic hydroxyl groups excluding tert-OH is 4. The lowest BCUT2D eigenvalue weighted by Crippen LogP contribution is -2.61. The Hall–Kier alpha value is -1.90. The lowest BCUT2D eigenvalue weighted by atomic mass is 9.98. The minimum atomic E-state index is -1.39. The van der Waals surface area contributed by atoms with Crippen molar-refractivity contribution in [2.24, 2.45) is 0 Å². The average molecular weight is 583 g/mol. The first kappa shape index (κ1) is 38.1. The van der Waals surface area contributed by atoms with Crippen LogP contribution in [0.3, 0.4) is 0 Å². The summed E-state index contributed by atoms with van der Waals surface area (Å²) >= 11 is 0. The predicted octanol–water partition coefficient (Wildman–Crippen LogP) is -0.278. The van der Waals surface area contributed by atoms with Gasteiger partial charge in [0.05, 0.1) is 24.4 Å². The van der Waals surface area contributed by atoms with Crippen LogP contribution in [0.15, 0.2) is 0 Å². The predicted molar refractivity (Wildman–Crippen MR) is 139 cm³/mol. The van der Waals surface area contributed by atoms with Crippen molar-refractivity contribution in [3.63, 3.8) is 0 Å². The minimum Gasteiger partial charge on any atom is -0.479 e. The molecule has 0 amide bonds. The molecule has 6 N–H and O–H groups in total. The van der Waals surface area contributed by atoms with E-state index in [0.29, 0.717) is 0 Å². The SMILES string of the molecule is C#C.CC(C)O[C@@H]1OC(C(=O)O)[C@@H](OC(C)C)[C@H](O)C1O.CC(C)O[C@@H]1O[C@H](C(=O)O)[C@@H](OC(C)C)[C@H](O)[C@@H]1O. The number of rotatable bonds is 10. The zero-order valence-electron chi connectivity index (χ0n) is 24.2. The van der Waals surface area contributed by atoms with E-state index in [-0.39, 0.29) is 24.4 Å². The number of aliphatic carboxylic acids is 2. The Bertz CT molecular complexity index is 710. The number of carbonyl (C=O) groups is 2. The molecular formula is C26H46O14. The average Bonchev–Trinajstić information content (AvgIpc) is 2.83. The van der Waals surface area contributed by atoms with Gasteiger partial charge >= 0.3 is 11.9 Å². The van der Waals surface area contributed by atoms with E-state index in [0.717, 1.165) is 0 Å². The highest BCUT2D eigenvalue weighted by molar-refractivity contribution is 5.74. The Morgan fingerprint density at radius 3 is 1.00 bits per heavy atom. The fourth-order valence-corrected chi connectivity index (χ4v) is 3.77. The van der Waals surface area contributed by atoms with Crippen LogP contribution in [0.4, 0.5) is 0 Å². The van der Waals surface area contributed by atoms with Gasteiger partial charge in [-0.1, -0.05) is 0 Å². The third kappa shape index (κ3) is 11.5. The lowest BCUT2D eigenvalue weighted by molar-refractivity contribution is -0.310. The van der Waals surface area contributed by atoms with Crippen LogP contribution in [0.1, 0.15) is 55.4 Å². The molecule has 2 aliphatic heterocycles. The Kier molecular flexibility index (Phi) is 17.0. The summed E-state index contributed by atoms with van der Waals surface area (Å²) in [6, 6.07) is 0. The molecule has 40 heavy (non-hydrogen) atoms. The molecule has 2 unspecified atom stereocenters. The maximum atomic E-state index is 11.2. The van der Waals surface area contributed by atoms with Crippen LogP contribution in [0.5, 0.6) is 0 Å². The van der Waals surface area contributed by atoms with Gasteiger partial charge in [0.2, 0.25) is 0 Å². The summed E-state index contributed by atoms with van der Waals surface area (Å²) in [4.78, 5) is 22.4. The molecule has 0 radical (unpaired) electrons. The van der Waals surface area contributed by atoms with Gasteiger partial charge in [-0.25, -0.2) is 9.59 Å². The molecule has 0 bridgehead atoms. The third-order valence-corrected chi connectivity index (χ3v) is 5.25. The molecule has 0 saturated carbocycles. The van der Waals surface area contributed by atoms with Crippen molar-refractivity contribution in [2.45, 2.75) is 141 Å². The number of hydrogen-bond acceptors (Lipinski definition) is 12. The van der Waals surface area contributed by atoms with Crippen molar-refractivity contribution < 1.29 is 68.6 Å². The van der Waals surface area contributed by atoms with E-state index in [2.05, 4.69) is 12.8 Å². The molecule has 2 fully saturated rings. The van der Waals surface area contributed by atoms with Crippen LogP contribution < -0.4 is 0 Å². The fourth-order valence-electron chi connectivity index (χ4n) is 3.77. The van der Waals surface area contributed by atoms with Gasteiger partial charge in [-0.2, -0.15) is 0 Å². The molecule has 0 aromatic carbocycles. The molecule has 10 atom stereocenters. The summed E-state index contributed by atoms with van der Waals surface area (Å²) in [7, 11) is 0. The zero-order chi connectivity index (χ0) is 31.5. The van der Waals surface area contributed by atoms with Crippen molar-refractivity contribution in [1.29, 1.82) is 0 Å². The molecule has 14 nitrogen and oxygen atoms in total. The van der Waals surface area contributed by atoms with Gasteiger partial charge in [0.1, 0.15) is 36.6 Å². The molecule has 0 aromatic heterocycles. The molecule has 2 saturated heterocycles. The topological polar surface area (TPSA) is 211 Å². The highest BCUT2D eigenvalue weighted by Gasteiger charge is 2.50. The van der Waals surface area contributed by atoms with Crippen LogP contribution in [-0.4, -0.2) is 128 Å². The molecule has 0 spiro atoms. The van der Waals surface area contributed by atoms with Crippen molar-refractivity contribution in [3.8, 4) is 12.8 Å². The molecule has 14 heteroatoms.